The van der Waals surface area contributed by atoms with Crippen molar-refractivity contribution in [3.05, 3.63) is 60.2 Å². The van der Waals surface area contributed by atoms with Crippen molar-refractivity contribution >= 4 is 11.8 Å². The van der Waals surface area contributed by atoms with E-state index >= 15 is 0 Å². The van der Waals surface area contributed by atoms with Crippen molar-refractivity contribution < 1.29 is 14.3 Å². The second-order valence-corrected chi connectivity index (χ2v) is 5.71. The molecule has 3 rings (SSSR count). The summed E-state index contributed by atoms with van der Waals surface area (Å²) < 4.78 is 5.77. The molecule has 25 heavy (non-hydrogen) atoms. The van der Waals surface area contributed by atoms with Gasteiger partial charge >= 0.3 is 0 Å². The molecule has 2 heterocycles. The molecule has 1 fully saturated rings. The molecule has 7 heteroatoms. The molecule has 0 bridgehead atoms. The number of carbonyl (C=O) groups is 2. The maximum absolute atomic E-state index is 12.4. The van der Waals surface area contributed by atoms with E-state index < -0.39 is 0 Å². The number of amides is 2. The maximum Gasteiger partial charge on any atom is 0.271 e. The van der Waals surface area contributed by atoms with Gasteiger partial charge in [-0.1, -0.05) is 30.3 Å². The fourth-order valence-electron chi connectivity index (χ4n) is 2.69. The minimum atomic E-state index is -0.329. The Hall–Kier alpha value is -2.80. The highest BCUT2D eigenvalue weighted by molar-refractivity contribution is 5.92. The van der Waals surface area contributed by atoms with Gasteiger partial charge in [0.25, 0.3) is 5.91 Å². The third-order valence-electron chi connectivity index (χ3n) is 4.01. The van der Waals surface area contributed by atoms with Crippen molar-refractivity contribution in [1.82, 2.24) is 20.2 Å². The number of rotatable bonds is 5. The minimum Gasteiger partial charge on any atom is -0.370 e. The monoisotopic (exact) mass is 340 g/mol. The number of morpholine rings is 1. The van der Waals surface area contributed by atoms with Crippen LogP contribution in [-0.2, 0) is 9.53 Å². The van der Waals surface area contributed by atoms with E-state index in [4.69, 9.17) is 4.74 Å². The summed E-state index contributed by atoms with van der Waals surface area (Å²) in [5, 5.41) is 2.69. The third-order valence-corrected chi connectivity index (χ3v) is 4.01. The van der Waals surface area contributed by atoms with Crippen LogP contribution in [0.5, 0.6) is 0 Å². The molecule has 1 N–H and O–H groups in total. The molecule has 1 aromatic heterocycles. The molecule has 0 spiro atoms. The molecule has 0 aliphatic carbocycles. The summed E-state index contributed by atoms with van der Waals surface area (Å²) in [6.45, 7) is 1.88. The molecule has 1 atom stereocenters. The van der Waals surface area contributed by atoms with Crippen LogP contribution in [0.1, 0.15) is 28.6 Å². The Bertz CT molecular complexity index is 709. The van der Waals surface area contributed by atoms with E-state index in [1.165, 1.54) is 18.6 Å². The molecule has 0 radical (unpaired) electrons. The SMILES string of the molecule is O=C(NCCC(=O)N1CCOC(c2ccccc2)C1)c1cnccn1. The van der Waals surface area contributed by atoms with Gasteiger partial charge in [-0.15, -0.1) is 0 Å². The lowest BCUT2D eigenvalue weighted by molar-refractivity contribution is -0.138. The maximum atomic E-state index is 12.4. The lowest BCUT2D eigenvalue weighted by atomic mass is 10.1. The van der Waals surface area contributed by atoms with E-state index in [0.717, 1.165) is 5.56 Å². The highest BCUT2D eigenvalue weighted by atomic mass is 16.5. The smallest absolute Gasteiger partial charge is 0.271 e. The van der Waals surface area contributed by atoms with Gasteiger partial charge in [-0.2, -0.15) is 0 Å². The van der Waals surface area contributed by atoms with Gasteiger partial charge in [0.1, 0.15) is 11.8 Å². The number of hydrogen-bond acceptors (Lipinski definition) is 5. The topological polar surface area (TPSA) is 84.4 Å². The highest BCUT2D eigenvalue weighted by Gasteiger charge is 2.25. The quantitative estimate of drug-likeness (QED) is 0.884. The van der Waals surface area contributed by atoms with Gasteiger partial charge in [-0.05, 0) is 5.56 Å². The number of aromatic nitrogens is 2. The zero-order valence-electron chi connectivity index (χ0n) is 13.8. The summed E-state index contributed by atoms with van der Waals surface area (Å²) in [5.74, 6) is -0.325. The van der Waals surface area contributed by atoms with Crippen LogP contribution < -0.4 is 5.32 Å². The Morgan fingerprint density at radius 1 is 1.24 bits per heavy atom. The first-order valence-electron chi connectivity index (χ1n) is 8.22. The Balaban J connectivity index is 1.47. The Morgan fingerprint density at radius 3 is 2.84 bits per heavy atom. The largest absolute Gasteiger partial charge is 0.370 e. The molecule has 0 saturated carbocycles. The molecular weight excluding hydrogens is 320 g/mol. The zero-order valence-corrected chi connectivity index (χ0v) is 13.8. The second kappa shape index (κ2) is 8.34. The van der Waals surface area contributed by atoms with Crippen LogP contribution in [0.2, 0.25) is 0 Å². The van der Waals surface area contributed by atoms with Gasteiger partial charge in [0, 0.05) is 31.9 Å². The minimum absolute atomic E-state index is 0.00340. The fourth-order valence-corrected chi connectivity index (χ4v) is 2.69. The molecular formula is C18H20N4O3. The summed E-state index contributed by atoms with van der Waals surface area (Å²) in [6, 6.07) is 9.87. The lowest BCUT2D eigenvalue weighted by Gasteiger charge is -2.33. The van der Waals surface area contributed by atoms with E-state index in [0.29, 0.717) is 19.7 Å². The molecule has 2 aromatic rings. The lowest BCUT2D eigenvalue weighted by Crippen LogP contribution is -2.43. The van der Waals surface area contributed by atoms with Crippen molar-refractivity contribution in [2.75, 3.05) is 26.2 Å². The Morgan fingerprint density at radius 2 is 2.08 bits per heavy atom. The number of nitrogens with zero attached hydrogens (tertiary/aromatic N) is 3. The fraction of sp³-hybridized carbons (Fsp3) is 0.333. The predicted octanol–water partition coefficient (Wildman–Crippen LogP) is 1.20. The van der Waals surface area contributed by atoms with Crippen molar-refractivity contribution in [2.24, 2.45) is 0 Å². The van der Waals surface area contributed by atoms with Crippen molar-refractivity contribution in [2.45, 2.75) is 12.5 Å². The summed E-state index contributed by atoms with van der Waals surface area (Å²) in [5.41, 5.74) is 1.31. The highest BCUT2D eigenvalue weighted by Crippen LogP contribution is 2.22. The van der Waals surface area contributed by atoms with Crippen molar-refractivity contribution in [3.8, 4) is 0 Å². The Kier molecular flexibility index (Phi) is 5.69. The van der Waals surface area contributed by atoms with E-state index in [1.54, 1.807) is 4.90 Å². The van der Waals surface area contributed by atoms with Crippen LogP contribution >= 0.6 is 0 Å². The van der Waals surface area contributed by atoms with Crippen LogP contribution in [0.25, 0.3) is 0 Å². The van der Waals surface area contributed by atoms with Gasteiger partial charge in [0.2, 0.25) is 5.91 Å². The van der Waals surface area contributed by atoms with E-state index in [9.17, 15) is 9.59 Å². The van der Waals surface area contributed by atoms with Crippen LogP contribution in [0.4, 0.5) is 0 Å². The first kappa shape index (κ1) is 17.0. The van der Waals surface area contributed by atoms with Gasteiger partial charge in [-0.3, -0.25) is 14.6 Å². The number of carbonyl (C=O) groups excluding carboxylic acids is 2. The Labute approximate surface area is 146 Å². The van der Waals surface area contributed by atoms with Crippen LogP contribution in [0.15, 0.2) is 48.9 Å². The number of benzene rings is 1. The molecule has 1 aliphatic heterocycles. The number of ether oxygens (including phenoxy) is 1. The van der Waals surface area contributed by atoms with E-state index in [-0.39, 0.29) is 36.6 Å². The summed E-state index contributed by atoms with van der Waals surface area (Å²) >= 11 is 0. The van der Waals surface area contributed by atoms with Crippen LogP contribution in [0.3, 0.4) is 0 Å². The van der Waals surface area contributed by atoms with E-state index in [2.05, 4.69) is 15.3 Å². The first-order valence-corrected chi connectivity index (χ1v) is 8.22. The second-order valence-electron chi connectivity index (χ2n) is 5.71. The standard InChI is InChI=1S/C18H20N4O3/c23-17(6-7-21-18(24)15-12-19-8-9-20-15)22-10-11-25-16(13-22)14-4-2-1-3-5-14/h1-5,8-9,12,16H,6-7,10-11,13H2,(H,21,24). The van der Waals surface area contributed by atoms with Gasteiger partial charge in [-0.25, -0.2) is 4.98 Å². The van der Waals surface area contributed by atoms with Crippen molar-refractivity contribution in [3.63, 3.8) is 0 Å². The molecule has 2 amide bonds. The average Bonchev–Trinajstić information content (AvgIpc) is 2.69. The first-order chi connectivity index (χ1) is 12.2. The number of hydrogen-bond donors (Lipinski definition) is 1. The molecule has 1 aliphatic rings. The third kappa shape index (κ3) is 4.60. The zero-order chi connectivity index (χ0) is 17.5. The molecule has 1 unspecified atom stereocenters. The molecule has 130 valence electrons. The summed E-state index contributed by atoms with van der Waals surface area (Å²) in [7, 11) is 0. The van der Waals surface area contributed by atoms with Gasteiger partial charge in [0.05, 0.1) is 19.3 Å². The number of nitrogens with one attached hydrogen (secondary N) is 1. The van der Waals surface area contributed by atoms with Crippen molar-refractivity contribution in [1.29, 1.82) is 0 Å². The predicted molar refractivity (Wildman–Crippen MR) is 90.7 cm³/mol. The normalized spacial score (nSPS) is 17.1. The summed E-state index contributed by atoms with van der Waals surface area (Å²) in [6.07, 6.45) is 4.49. The van der Waals surface area contributed by atoms with E-state index in [1.807, 2.05) is 30.3 Å². The molecule has 1 saturated heterocycles. The molecule has 7 nitrogen and oxygen atoms in total. The molecule has 1 aromatic carbocycles. The van der Waals surface area contributed by atoms with Crippen LogP contribution in [0, 0.1) is 0 Å². The van der Waals surface area contributed by atoms with Gasteiger partial charge in [0.15, 0.2) is 0 Å². The van der Waals surface area contributed by atoms with Crippen LogP contribution in [-0.4, -0.2) is 52.9 Å². The average molecular weight is 340 g/mol. The van der Waals surface area contributed by atoms with Gasteiger partial charge < -0.3 is 15.0 Å². The summed E-state index contributed by atoms with van der Waals surface area (Å²) in [4.78, 5) is 33.8.